The number of ether oxygens (including phenoxy) is 1. The van der Waals surface area contributed by atoms with Gasteiger partial charge in [0.2, 0.25) is 0 Å². The molecule has 4 nitrogen and oxygen atoms in total. The van der Waals surface area contributed by atoms with Crippen LogP contribution in [0.1, 0.15) is 49.8 Å². The minimum absolute atomic E-state index is 0.00130. The third-order valence-electron chi connectivity index (χ3n) is 7.52. The van der Waals surface area contributed by atoms with Crippen molar-refractivity contribution in [2.75, 3.05) is 25.1 Å². The van der Waals surface area contributed by atoms with Gasteiger partial charge in [0.25, 0.3) is 0 Å². The molecule has 0 radical (unpaired) electrons. The molecular formula is C31H37F3N2O2. The Morgan fingerprint density at radius 2 is 1.53 bits per heavy atom. The fourth-order valence-corrected chi connectivity index (χ4v) is 5.69. The Bertz CT molecular complexity index is 1140. The number of halogens is 3. The van der Waals surface area contributed by atoms with Crippen LogP contribution in [0.2, 0.25) is 0 Å². The molecule has 0 amide bonds. The molecule has 0 saturated carbocycles. The van der Waals surface area contributed by atoms with Crippen LogP contribution in [0.3, 0.4) is 0 Å². The number of alkyl halides is 3. The second-order valence-corrected chi connectivity index (χ2v) is 11.1. The SMILES string of the molecule is CN(c1cc(C(C)(C)C)ccc1OC(F)(F)F)C1C(CCO)CNC1C(c1ccccc1)c1ccccc1. The van der Waals surface area contributed by atoms with Crippen LogP contribution in [-0.4, -0.2) is 43.8 Å². The van der Waals surface area contributed by atoms with Crippen molar-refractivity contribution in [3.63, 3.8) is 0 Å². The zero-order chi connectivity index (χ0) is 27.5. The molecule has 1 heterocycles. The first kappa shape index (κ1) is 28.0. The van der Waals surface area contributed by atoms with Gasteiger partial charge in [-0.15, -0.1) is 13.2 Å². The van der Waals surface area contributed by atoms with Crippen molar-refractivity contribution in [3.05, 3.63) is 95.6 Å². The van der Waals surface area contributed by atoms with Crippen LogP contribution < -0.4 is 15.0 Å². The topological polar surface area (TPSA) is 44.7 Å². The summed E-state index contributed by atoms with van der Waals surface area (Å²) in [5.41, 5.74) is 3.28. The molecule has 3 atom stereocenters. The van der Waals surface area contributed by atoms with E-state index in [0.717, 1.165) is 16.7 Å². The lowest BCUT2D eigenvalue weighted by atomic mass is 9.79. The molecule has 3 aromatic carbocycles. The van der Waals surface area contributed by atoms with E-state index in [4.69, 9.17) is 0 Å². The Balaban J connectivity index is 1.84. The number of benzene rings is 3. The third-order valence-corrected chi connectivity index (χ3v) is 7.52. The summed E-state index contributed by atoms with van der Waals surface area (Å²) in [6.07, 6.45) is -4.28. The molecule has 38 heavy (non-hydrogen) atoms. The summed E-state index contributed by atoms with van der Waals surface area (Å²) in [5, 5.41) is 13.6. The van der Waals surface area contributed by atoms with Crippen molar-refractivity contribution >= 4 is 5.69 Å². The van der Waals surface area contributed by atoms with Crippen molar-refractivity contribution in [1.82, 2.24) is 5.32 Å². The van der Waals surface area contributed by atoms with E-state index < -0.39 is 6.36 Å². The minimum Gasteiger partial charge on any atom is -0.404 e. The first-order valence-electron chi connectivity index (χ1n) is 13.1. The van der Waals surface area contributed by atoms with Gasteiger partial charge in [-0.2, -0.15) is 0 Å². The average molecular weight is 527 g/mol. The molecule has 1 aliphatic rings. The fraction of sp³-hybridized carbons (Fsp3) is 0.419. The van der Waals surface area contributed by atoms with Gasteiger partial charge in [0.1, 0.15) is 0 Å². The summed E-state index contributed by atoms with van der Waals surface area (Å²) in [6, 6.07) is 24.9. The second-order valence-electron chi connectivity index (χ2n) is 11.1. The molecule has 0 spiro atoms. The van der Waals surface area contributed by atoms with Gasteiger partial charge in [0, 0.05) is 38.2 Å². The summed E-state index contributed by atoms with van der Waals surface area (Å²) in [4.78, 5) is 1.93. The van der Waals surface area contributed by atoms with Gasteiger partial charge in [0.15, 0.2) is 5.75 Å². The molecular weight excluding hydrogens is 489 g/mol. The molecule has 2 N–H and O–H groups in total. The van der Waals surface area contributed by atoms with E-state index >= 15 is 0 Å². The van der Waals surface area contributed by atoms with Gasteiger partial charge >= 0.3 is 6.36 Å². The van der Waals surface area contributed by atoms with Crippen LogP contribution >= 0.6 is 0 Å². The zero-order valence-electron chi connectivity index (χ0n) is 22.4. The number of aliphatic hydroxyl groups is 1. The summed E-state index contributed by atoms with van der Waals surface area (Å²) in [6.45, 7) is 6.74. The van der Waals surface area contributed by atoms with Gasteiger partial charge in [-0.05, 0) is 46.6 Å². The molecule has 7 heteroatoms. The van der Waals surface area contributed by atoms with Crippen molar-refractivity contribution in [1.29, 1.82) is 0 Å². The molecule has 1 aliphatic heterocycles. The van der Waals surface area contributed by atoms with Crippen molar-refractivity contribution in [2.45, 2.75) is 57.0 Å². The number of anilines is 1. The lowest BCUT2D eigenvalue weighted by Gasteiger charge is -2.39. The number of rotatable bonds is 8. The number of nitrogens with one attached hydrogen (secondary N) is 1. The Hall–Kier alpha value is -3.03. The van der Waals surface area contributed by atoms with Crippen LogP contribution in [0.25, 0.3) is 0 Å². The fourth-order valence-electron chi connectivity index (χ4n) is 5.69. The van der Waals surface area contributed by atoms with E-state index in [1.54, 1.807) is 6.07 Å². The van der Waals surface area contributed by atoms with Crippen LogP contribution in [0.4, 0.5) is 18.9 Å². The number of aliphatic hydroxyl groups excluding tert-OH is 1. The van der Waals surface area contributed by atoms with Gasteiger partial charge in [-0.3, -0.25) is 0 Å². The Morgan fingerprint density at radius 1 is 0.947 bits per heavy atom. The molecule has 3 aromatic rings. The van der Waals surface area contributed by atoms with Crippen LogP contribution in [-0.2, 0) is 5.41 Å². The maximum absolute atomic E-state index is 13.5. The van der Waals surface area contributed by atoms with Crippen molar-refractivity contribution in [2.24, 2.45) is 5.92 Å². The predicted octanol–water partition coefficient (Wildman–Crippen LogP) is 6.49. The minimum atomic E-state index is -4.81. The average Bonchev–Trinajstić information content (AvgIpc) is 3.27. The molecule has 1 saturated heterocycles. The quantitative estimate of drug-likeness (QED) is 0.352. The highest BCUT2D eigenvalue weighted by Crippen LogP contribution is 2.42. The normalized spacial score (nSPS) is 20.1. The molecule has 204 valence electrons. The lowest BCUT2D eigenvalue weighted by Crippen LogP contribution is -2.48. The Labute approximate surface area is 223 Å². The highest BCUT2D eigenvalue weighted by Gasteiger charge is 2.44. The predicted molar refractivity (Wildman–Crippen MR) is 146 cm³/mol. The van der Waals surface area contributed by atoms with Crippen LogP contribution in [0, 0.1) is 5.92 Å². The van der Waals surface area contributed by atoms with E-state index in [-0.39, 0.29) is 41.7 Å². The van der Waals surface area contributed by atoms with E-state index in [0.29, 0.717) is 18.7 Å². The van der Waals surface area contributed by atoms with Crippen molar-refractivity contribution < 1.29 is 23.0 Å². The molecule has 3 unspecified atom stereocenters. The molecule has 0 aliphatic carbocycles. The Kier molecular flexibility index (Phi) is 8.38. The van der Waals surface area contributed by atoms with Gasteiger partial charge < -0.3 is 20.1 Å². The van der Waals surface area contributed by atoms with E-state index in [1.165, 1.54) is 6.07 Å². The van der Waals surface area contributed by atoms with Crippen LogP contribution in [0.5, 0.6) is 5.75 Å². The number of likely N-dealkylation sites (N-methyl/N-ethyl adjacent to an activating group) is 1. The summed E-state index contributed by atoms with van der Waals surface area (Å²) in [5.74, 6) is -0.259. The first-order chi connectivity index (χ1) is 18.0. The van der Waals surface area contributed by atoms with E-state index in [1.807, 2.05) is 75.2 Å². The summed E-state index contributed by atoms with van der Waals surface area (Å²) < 4.78 is 44.9. The maximum Gasteiger partial charge on any atom is 0.573 e. The zero-order valence-corrected chi connectivity index (χ0v) is 22.4. The number of hydrogen-bond acceptors (Lipinski definition) is 4. The van der Waals surface area contributed by atoms with E-state index in [2.05, 4.69) is 34.3 Å². The van der Waals surface area contributed by atoms with Crippen LogP contribution in [0.15, 0.2) is 78.9 Å². The molecule has 0 aromatic heterocycles. The Morgan fingerprint density at radius 3 is 2.03 bits per heavy atom. The van der Waals surface area contributed by atoms with Gasteiger partial charge in [-0.25, -0.2) is 0 Å². The number of hydrogen-bond donors (Lipinski definition) is 2. The summed E-state index contributed by atoms with van der Waals surface area (Å²) >= 11 is 0. The lowest BCUT2D eigenvalue weighted by molar-refractivity contribution is -0.274. The second kappa shape index (κ2) is 11.4. The third kappa shape index (κ3) is 6.33. The van der Waals surface area contributed by atoms with Crippen molar-refractivity contribution in [3.8, 4) is 5.75 Å². The molecule has 0 bridgehead atoms. The highest BCUT2D eigenvalue weighted by atomic mass is 19.4. The van der Waals surface area contributed by atoms with Gasteiger partial charge in [-0.1, -0.05) is 87.5 Å². The monoisotopic (exact) mass is 526 g/mol. The maximum atomic E-state index is 13.5. The summed E-state index contributed by atoms with van der Waals surface area (Å²) in [7, 11) is 1.84. The highest BCUT2D eigenvalue weighted by molar-refractivity contribution is 5.62. The van der Waals surface area contributed by atoms with E-state index in [9.17, 15) is 18.3 Å². The largest absolute Gasteiger partial charge is 0.573 e. The smallest absolute Gasteiger partial charge is 0.404 e. The molecule has 4 rings (SSSR count). The first-order valence-corrected chi connectivity index (χ1v) is 13.1. The van der Waals surface area contributed by atoms with Gasteiger partial charge in [0.05, 0.1) is 5.69 Å². The standard InChI is InChI=1S/C31H37F3N2O2/c1-30(2,3)24-15-16-26(38-31(32,33)34)25(19-24)36(4)29-23(17-18-37)20-35-28(29)27(21-11-7-5-8-12-21)22-13-9-6-10-14-22/h5-16,19,23,27-29,35,37H,17-18,20H2,1-4H3. The number of nitrogens with zero attached hydrogens (tertiary/aromatic N) is 1. The molecule has 1 fully saturated rings.